The molecule has 0 atom stereocenters. The molecule has 2 fully saturated rings. The van der Waals surface area contributed by atoms with Gasteiger partial charge in [-0.2, -0.15) is 5.10 Å². The first kappa shape index (κ1) is 14.2. The fourth-order valence-electron chi connectivity index (χ4n) is 3.49. The van der Waals surface area contributed by atoms with Crippen molar-refractivity contribution in [3.63, 3.8) is 0 Å². The Morgan fingerprint density at radius 1 is 1.19 bits per heavy atom. The Kier molecular flexibility index (Phi) is 4.03. The van der Waals surface area contributed by atoms with Gasteiger partial charge in [-0.1, -0.05) is 19.3 Å². The third kappa shape index (κ3) is 2.59. The van der Waals surface area contributed by atoms with Crippen LogP contribution >= 0.6 is 0 Å². The zero-order valence-electron chi connectivity index (χ0n) is 12.7. The van der Waals surface area contributed by atoms with E-state index in [2.05, 4.69) is 4.90 Å². The highest BCUT2D eigenvalue weighted by Crippen LogP contribution is 2.35. The molecule has 21 heavy (non-hydrogen) atoms. The molecule has 6 nitrogen and oxygen atoms in total. The fraction of sp³-hybridized carbons (Fsp3) is 0.733. The average molecular weight is 292 g/mol. The van der Waals surface area contributed by atoms with Gasteiger partial charge in [-0.05, 0) is 25.7 Å². The van der Waals surface area contributed by atoms with Gasteiger partial charge in [0.1, 0.15) is 11.4 Å². The van der Waals surface area contributed by atoms with Crippen molar-refractivity contribution in [1.29, 1.82) is 0 Å². The highest BCUT2D eigenvalue weighted by Gasteiger charge is 2.30. The van der Waals surface area contributed by atoms with E-state index in [1.807, 2.05) is 4.68 Å². The number of nitrogens with zero attached hydrogens (tertiary/aromatic N) is 3. The van der Waals surface area contributed by atoms with Gasteiger partial charge in [0.2, 0.25) is 0 Å². The lowest BCUT2D eigenvalue weighted by Crippen LogP contribution is -2.21. The maximum atomic E-state index is 12.1. The minimum Gasteiger partial charge on any atom is -0.465 e. The smallest absolute Gasteiger partial charge is 0.345 e. The number of nitrogens with two attached hydrogens (primary N) is 1. The van der Waals surface area contributed by atoms with E-state index in [-0.39, 0.29) is 5.97 Å². The van der Waals surface area contributed by atoms with Crippen molar-refractivity contribution >= 4 is 17.6 Å². The summed E-state index contributed by atoms with van der Waals surface area (Å²) in [6.07, 6.45) is 8.14. The van der Waals surface area contributed by atoms with Gasteiger partial charge in [-0.25, -0.2) is 9.48 Å². The predicted octanol–water partition coefficient (Wildman–Crippen LogP) is 2.36. The predicted molar refractivity (Wildman–Crippen MR) is 81.5 cm³/mol. The van der Waals surface area contributed by atoms with Gasteiger partial charge in [0.25, 0.3) is 0 Å². The van der Waals surface area contributed by atoms with Crippen molar-refractivity contribution in [2.45, 2.75) is 51.0 Å². The van der Waals surface area contributed by atoms with Gasteiger partial charge in [0.05, 0.1) is 13.2 Å². The molecule has 3 rings (SSSR count). The first-order chi connectivity index (χ1) is 10.2. The zero-order valence-corrected chi connectivity index (χ0v) is 12.7. The molecule has 0 aromatic carbocycles. The van der Waals surface area contributed by atoms with Crippen LogP contribution < -0.4 is 10.6 Å². The Morgan fingerprint density at radius 3 is 2.48 bits per heavy atom. The van der Waals surface area contributed by atoms with E-state index in [9.17, 15) is 4.79 Å². The zero-order chi connectivity index (χ0) is 14.8. The SMILES string of the molecule is COC(=O)c1c(N2CCCC2)nn(C2CCCCC2)c1N. The van der Waals surface area contributed by atoms with E-state index in [4.69, 9.17) is 15.6 Å². The van der Waals surface area contributed by atoms with Gasteiger partial charge in [-0.3, -0.25) is 0 Å². The molecule has 2 heterocycles. The first-order valence-corrected chi connectivity index (χ1v) is 7.93. The van der Waals surface area contributed by atoms with E-state index >= 15 is 0 Å². The minimum absolute atomic E-state index is 0.318. The number of nitrogen functional groups attached to an aromatic ring is 1. The number of carbonyl (C=O) groups is 1. The Balaban J connectivity index is 1.98. The standard InChI is InChI=1S/C15H24N4O2/c1-21-15(20)12-13(16)19(11-7-3-2-4-8-11)17-14(12)18-9-5-6-10-18/h11H,2-10,16H2,1H3. The molecule has 0 unspecified atom stereocenters. The highest BCUT2D eigenvalue weighted by molar-refractivity contribution is 5.99. The second kappa shape index (κ2) is 5.95. The van der Waals surface area contributed by atoms with Crippen LogP contribution in [-0.2, 0) is 4.74 Å². The summed E-state index contributed by atoms with van der Waals surface area (Å²) in [6.45, 7) is 1.87. The molecule has 1 aliphatic heterocycles. The summed E-state index contributed by atoms with van der Waals surface area (Å²) < 4.78 is 6.79. The monoisotopic (exact) mass is 292 g/mol. The van der Waals surface area contributed by atoms with Crippen molar-refractivity contribution in [1.82, 2.24) is 9.78 Å². The number of anilines is 2. The molecule has 1 saturated heterocycles. The van der Waals surface area contributed by atoms with E-state index in [1.165, 1.54) is 26.4 Å². The van der Waals surface area contributed by atoms with Crippen LogP contribution in [0.4, 0.5) is 11.6 Å². The molecule has 1 saturated carbocycles. The largest absolute Gasteiger partial charge is 0.465 e. The summed E-state index contributed by atoms with van der Waals surface area (Å²) in [6, 6.07) is 0.318. The molecular formula is C15H24N4O2. The quantitative estimate of drug-likeness (QED) is 0.866. The van der Waals surface area contributed by atoms with Gasteiger partial charge in [0.15, 0.2) is 5.82 Å². The molecule has 1 aliphatic carbocycles. The number of esters is 1. The second-order valence-corrected chi connectivity index (χ2v) is 6.01. The Hall–Kier alpha value is -1.72. The molecule has 0 spiro atoms. The molecular weight excluding hydrogens is 268 g/mol. The van der Waals surface area contributed by atoms with E-state index in [0.717, 1.165) is 38.8 Å². The Labute approximate surface area is 125 Å². The summed E-state index contributed by atoms with van der Waals surface area (Å²) in [5, 5.41) is 4.70. The Bertz CT molecular complexity index is 514. The Morgan fingerprint density at radius 2 is 1.86 bits per heavy atom. The molecule has 0 radical (unpaired) electrons. The molecule has 0 amide bonds. The van der Waals surface area contributed by atoms with E-state index < -0.39 is 0 Å². The summed E-state index contributed by atoms with van der Waals surface area (Å²) >= 11 is 0. The summed E-state index contributed by atoms with van der Waals surface area (Å²) in [7, 11) is 1.40. The van der Waals surface area contributed by atoms with Crippen LogP contribution in [0.2, 0.25) is 0 Å². The van der Waals surface area contributed by atoms with Crippen LogP contribution in [-0.4, -0.2) is 35.9 Å². The summed E-state index contributed by atoms with van der Waals surface area (Å²) in [5.74, 6) is 0.800. The maximum Gasteiger partial charge on any atom is 0.345 e. The number of aromatic nitrogens is 2. The van der Waals surface area contributed by atoms with Crippen LogP contribution in [0.1, 0.15) is 61.3 Å². The maximum absolute atomic E-state index is 12.1. The molecule has 116 valence electrons. The first-order valence-electron chi connectivity index (χ1n) is 7.93. The molecule has 1 aromatic heterocycles. The van der Waals surface area contributed by atoms with Crippen LogP contribution in [0.15, 0.2) is 0 Å². The van der Waals surface area contributed by atoms with Crippen LogP contribution in [0, 0.1) is 0 Å². The summed E-state index contributed by atoms with van der Waals surface area (Å²) in [4.78, 5) is 14.3. The van der Waals surface area contributed by atoms with Gasteiger partial charge in [0, 0.05) is 13.1 Å². The number of carbonyl (C=O) groups excluding carboxylic acids is 1. The van der Waals surface area contributed by atoms with Crippen LogP contribution in [0.25, 0.3) is 0 Å². The molecule has 2 N–H and O–H groups in total. The topological polar surface area (TPSA) is 73.4 Å². The third-order valence-corrected chi connectivity index (χ3v) is 4.64. The highest BCUT2D eigenvalue weighted by atomic mass is 16.5. The van der Waals surface area contributed by atoms with Gasteiger partial charge in [-0.15, -0.1) is 0 Å². The van der Waals surface area contributed by atoms with Crippen molar-refractivity contribution < 1.29 is 9.53 Å². The van der Waals surface area contributed by atoms with E-state index in [0.29, 0.717) is 23.2 Å². The van der Waals surface area contributed by atoms with Gasteiger partial charge >= 0.3 is 5.97 Å². The summed E-state index contributed by atoms with van der Waals surface area (Å²) in [5.41, 5.74) is 6.70. The second-order valence-electron chi connectivity index (χ2n) is 6.01. The normalized spacial score (nSPS) is 20.0. The number of hydrogen-bond donors (Lipinski definition) is 1. The number of methoxy groups -OCH3 is 1. The lowest BCUT2D eigenvalue weighted by Gasteiger charge is -2.23. The molecule has 0 bridgehead atoms. The van der Waals surface area contributed by atoms with E-state index in [1.54, 1.807) is 0 Å². The fourth-order valence-corrected chi connectivity index (χ4v) is 3.49. The number of rotatable bonds is 3. The van der Waals surface area contributed by atoms with Crippen molar-refractivity contribution in [3.05, 3.63) is 5.56 Å². The van der Waals surface area contributed by atoms with Crippen molar-refractivity contribution in [3.8, 4) is 0 Å². The van der Waals surface area contributed by atoms with Gasteiger partial charge < -0.3 is 15.4 Å². The number of hydrogen-bond acceptors (Lipinski definition) is 5. The van der Waals surface area contributed by atoms with Crippen molar-refractivity contribution in [2.75, 3.05) is 30.8 Å². The molecule has 1 aromatic rings. The van der Waals surface area contributed by atoms with Crippen molar-refractivity contribution in [2.24, 2.45) is 0 Å². The lowest BCUT2D eigenvalue weighted by atomic mass is 9.96. The third-order valence-electron chi connectivity index (χ3n) is 4.64. The number of ether oxygens (including phenoxy) is 1. The van der Waals surface area contributed by atoms with Crippen LogP contribution in [0.5, 0.6) is 0 Å². The average Bonchev–Trinajstić information content (AvgIpc) is 3.15. The molecule has 2 aliphatic rings. The lowest BCUT2D eigenvalue weighted by molar-refractivity contribution is 0.0602. The van der Waals surface area contributed by atoms with Crippen LogP contribution in [0.3, 0.4) is 0 Å². The molecule has 6 heteroatoms. The minimum atomic E-state index is -0.378.